The highest BCUT2D eigenvalue weighted by Gasteiger charge is 2.34. The Labute approximate surface area is 129 Å². The Morgan fingerprint density at radius 1 is 1.27 bits per heavy atom. The van der Waals surface area contributed by atoms with Crippen molar-refractivity contribution in [2.75, 3.05) is 23.4 Å². The van der Waals surface area contributed by atoms with Gasteiger partial charge in [0, 0.05) is 5.69 Å². The number of nitrogens with one attached hydrogen (secondary N) is 1. The normalized spacial score (nSPS) is 19.6. The van der Waals surface area contributed by atoms with Crippen LogP contribution in [-0.4, -0.2) is 38.4 Å². The van der Waals surface area contributed by atoms with Crippen LogP contribution in [0.4, 0.5) is 5.69 Å². The van der Waals surface area contributed by atoms with E-state index in [4.69, 9.17) is 4.74 Å². The summed E-state index contributed by atoms with van der Waals surface area (Å²) in [5.41, 5.74) is 2.80. The lowest BCUT2D eigenvalue weighted by molar-refractivity contribution is -0.150. The van der Waals surface area contributed by atoms with Gasteiger partial charge in [-0.15, -0.1) is 0 Å². The Morgan fingerprint density at radius 3 is 2.59 bits per heavy atom. The average Bonchev–Trinajstić information content (AvgIpc) is 2.81. The number of carbonyl (C=O) groups excluding carboxylic acids is 2. The molecule has 0 unspecified atom stereocenters. The molecule has 1 aromatic carbocycles. The maximum absolute atomic E-state index is 11.7. The number of esters is 1. The van der Waals surface area contributed by atoms with Gasteiger partial charge < -0.3 is 10.1 Å². The maximum Gasteiger partial charge on any atom is 0.310 e. The number of amides is 1. The molecule has 6 nitrogen and oxygen atoms in total. The molecule has 1 fully saturated rings. The summed E-state index contributed by atoms with van der Waals surface area (Å²) < 4.78 is 27.5. The van der Waals surface area contributed by atoms with Crippen molar-refractivity contribution in [1.29, 1.82) is 0 Å². The number of hydrogen-bond donors (Lipinski definition) is 1. The summed E-state index contributed by atoms with van der Waals surface area (Å²) in [6.45, 7) is 3.49. The Bertz CT molecular complexity index is 696. The quantitative estimate of drug-likeness (QED) is 0.841. The number of hydrogen-bond acceptors (Lipinski definition) is 5. The molecule has 0 saturated carbocycles. The summed E-state index contributed by atoms with van der Waals surface area (Å²) >= 11 is 0. The third-order valence-electron chi connectivity index (χ3n) is 3.70. The Hall–Kier alpha value is -1.89. The van der Waals surface area contributed by atoms with Crippen LogP contribution in [0.15, 0.2) is 18.2 Å². The van der Waals surface area contributed by atoms with Crippen molar-refractivity contribution in [2.24, 2.45) is 5.92 Å². The van der Waals surface area contributed by atoms with Gasteiger partial charge in [0.25, 0.3) is 5.91 Å². The highest BCUT2D eigenvalue weighted by atomic mass is 32.2. The smallest absolute Gasteiger partial charge is 0.310 e. The summed E-state index contributed by atoms with van der Waals surface area (Å²) in [7, 11) is -3.14. The molecule has 120 valence electrons. The molecule has 1 atom stereocenters. The summed E-state index contributed by atoms with van der Waals surface area (Å²) in [6.07, 6.45) is 0.264. The van der Waals surface area contributed by atoms with E-state index in [1.54, 1.807) is 6.07 Å². The topological polar surface area (TPSA) is 89.5 Å². The highest BCUT2D eigenvalue weighted by molar-refractivity contribution is 7.91. The fourth-order valence-electron chi connectivity index (χ4n) is 2.25. The Kier molecular flexibility index (Phi) is 4.85. The number of rotatable bonds is 4. The van der Waals surface area contributed by atoms with Gasteiger partial charge in [0.1, 0.15) is 0 Å². The van der Waals surface area contributed by atoms with Gasteiger partial charge >= 0.3 is 5.97 Å². The lowest BCUT2D eigenvalue weighted by atomic mass is 10.1. The minimum Gasteiger partial charge on any atom is -0.455 e. The molecule has 1 aromatic rings. The molecule has 0 bridgehead atoms. The minimum absolute atomic E-state index is 0.00159. The van der Waals surface area contributed by atoms with E-state index in [9.17, 15) is 18.0 Å². The Morgan fingerprint density at radius 2 is 2.00 bits per heavy atom. The molecule has 0 spiro atoms. The Balaban J connectivity index is 1.82. The van der Waals surface area contributed by atoms with E-state index in [-0.39, 0.29) is 17.9 Å². The van der Waals surface area contributed by atoms with Gasteiger partial charge in [-0.2, -0.15) is 0 Å². The van der Waals surface area contributed by atoms with Gasteiger partial charge in [0.15, 0.2) is 16.4 Å². The molecule has 1 aliphatic heterocycles. The SMILES string of the molecule is Cc1ccc(NC(=O)COC(=O)[C@H]2CCS(=O)(=O)C2)cc1C. The standard InChI is InChI=1S/C15H19NO5S/c1-10-3-4-13(7-11(10)2)16-14(17)8-21-15(18)12-5-6-22(19,20)9-12/h3-4,7,12H,5-6,8-9H2,1-2H3,(H,16,17)/t12-/m0/s1. The van der Waals surface area contributed by atoms with Gasteiger partial charge in [-0.05, 0) is 43.5 Å². The number of carbonyl (C=O) groups is 2. The van der Waals surface area contributed by atoms with Crippen LogP contribution < -0.4 is 5.32 Å². The maximum atomic E-state index is 11.7. The number of ether oxygens (including phenoxy) is 1. The average molecular weight is 325 g/mol. The monoisotopic (exact) mass is 325 g/mol. The summed E-state index contributed by atoms with van der Waals surface area (Å²) in [4.78, 5) is 23.5. The molecule has 1 amide bonds. The first-order chi connectivity index (χ1) is 10.3. The van der Waals surface area contributed by atoms with Gasteiger partial charge in [-0.3, -0.25) is 9.59 Å². The molecule has 0 aromatic heterocycles. The molecule has 22 heavy (non-hydrogen) atoms. The molecule has 1 heterocycles. The van der Waals surface area contributed by atoms with Crippen molar-refractivity contribution in [3.8, 4) is 0 Å². The van der Waals surface area contributed by atoms with E-state index >= 15 is 0 Å². The van der Waals surface area contributed by atoms with Crippen LogP contribution >= 0.6 is 0 Å². The minimum atomic E-state index is -3.14. The van der Waals surface area contributed by atoms with Crippen molar-refractivity contribution >= 4 is 27.4 Å². The van der Waals surface area contributed by atoms with Crippen LogP contribution in [0.2, 0.25) is 0 Å². The van der Waals surface area contributed by atoms with Gasteiger partial charge in [0.2, 0.25) is 0 Å². The highest BCUT2D eigenvalue weighted by Crippen LogP contribution is 2.19. The molecule has 1 aliphatic rings. The fraction of sp³-hybridized carbons (Fsp3) is 0.467. The second kappa shape index (κ2) is 6.48. The summed E-state index contributed by atoms with van der Waals surface area (Å²) in [5.74, 6) is -1.92. The molecule has 7 heteroatoms. The third-order valence-corrected chi connectivity index (χ3v) is 5.47. The van der Waals surface area contributed by atoms with Gasteiger partial charge in [-0.1, -0.05) is 6.07 Å². The molecule has 2 rings (SSSR count). The van der Waals surface area contributed by atoms with Crippen LogP contribution in [0.25, 0.3) is 0 Å². The third kappa shape index (κ3) is 4.30. The second-order valence-corrected chi connectivity index (χ2v) is 7.78. The van der Waals surface area contributed by atoms with Crippen LogP contribution in [0, 0.1) is 19.8 Å². The predicted molar refractivity (Wildman–Crippen MR) is 82.3 cm³/mol. The zero-order valence-electron chi connectivity index (χ0n) is 12.6. The number of benzene rings is 1. The van der Waals surface area contributed by atoms with Crippen molar-refractivity contribution in [3.05, 3.63) is 29.3 Å². The summed E-state index contributed by atoms with van der Waals surface area (Å²) in [5, 5.41) is 2.64. The van der Waals surface area contributed by atoms with Crippen molar-refractivity contribution < 1.29 is 22.7 Å². The molecule has 0 radical (unpaired) electrons. The molecular weight excluding hydrogens is 306 g/mol. The van der Waals surface area contributed by atoms with Crippen LogP contribution in [0.1, 0.15) is 17.5 Å². The summed E-state index contributed by atoms with van der Waals surface area (Å²) in [6, 6.07) is 5.49. The van der Waals surface area contributed by atoms with E-state index in [0.717, 1.165) is 11.1 Å². The lowest BCUT2D eigenvalue weighted by Gasteiger charge is -2.10. The van der Waals surface area contributed by atoms with Gasteiger partial charge in [0.05, 0.1) is 17.4 Å². The first-order valence-electron chi connectivity index (χ1n) is 7.01. The molecule has 0 aliphatic carbocycles. The van der Waals surface area contributed by atoms with E-state index in [1.165, 1.54) is 0 Å². The lowest BCUT2D eigenvalue weighted by Crippen LogP contribution is -2.25. The first kappa shape index (κ1) is 16.5. The number of aryl methyl sites for hydroxylation is 2. The van der Waals surface area contributed by atoms with Gasteiger partial charge in [-0.25, -0.2) is 8.42 Å². The van der Waals surface area contributed by atoms with Crippen molar-refractivity contribution in [1.82, 2.24) is 0 Å². The van der Waals surface area contributed by atoms with E-state index in [0.29, 0.717) is 5.69 Å². The zero-order valence-corrected chi connectivity index (χ0v) is 13.4. The van der Waals surface area contributed by atoms with E-state index < -0.39 is 34.2 Å². The molecular formula is C15H19NO5S. The fourth-order valence-corrected chi connectivity index (χ4v) is 3.98. The largest absolute Gasteiger partial charge is 0.455 e. The first-order valence-corrected chi connectivity index (χ1v) is 8.83. The van der Waals surface area contributed by atoms with Crippen LogP contribution in [-0.2, 0) is 24.2 Å². The number of anilines is 1. The van der Waals surface area contributed by atoms with Crippen molar-refractivity contribution in [3.63, 3.8) is 0 Å². The predicted octanol–water partition coefficient (Wildman–Crippen LogP) is 1.22. The number of sulfone groups is 1. The van der Waals surface area contributed by atoms with Crippen molar-refractivity contribution in [2.45, 2.75) is 20.3 Å². The molecule has 1 N–H and O–H groups in total. The van der Waals surface area contributed by atoms with E-state index in [2.05, 4.69) is 5.32 Å². The van der Waals surface area contributed by atoms with E-state index in [1.807, 2.05) is 26.0 Å². The second-order valence-electron chi connectivity index (χ2n) is 5.55. The molecule has 1 saturated heterocycles. The van der Waals surface area contributed by atoms with Crippen LogP contribution in [0.5, 0.6) is 0 Å². The zero-order chi connectivity index (χ0) is 16.3. The van der Waals surface area contributed by atoms with Crippen LogP contribution in [0.3, 0.4) is 0 Å².